The molecular formula is C22H28ClN3O4S. The lowest BCUT2D eigenvalue weighted by atomic mass is 9.54. The molecule has 1 aromatic carbocycles. The van der Waals surface area contributed by atoms with Crippen LogP contribution in [0.3, 0.4) is 0 Å². The van der Waals surface area contributed by atoms with Crippen molar-refractivity contribution in [1.82, 2.24) is 9.62 Å². The number of hydrogen-bond donors (Lipinski definition) is 2. The Morgan fingerprint density at radius 2 is 1.71 bits per heavy atom. The first-order valence-electron chi connectivity index (χ1n) is 11.2. The lowest BCUT2D eigenvalue weighted by molar-refractivity contribution is -0.128. The van der Waals surface area contributed by atoms with Gasteiger partial charge in [0, 0.05) is 18.2 Å². The van der Waals surface area contributed by atoms with Gasteiger partial charge < -0.3 is 11.1 Å². The Balaban J connectivity index is 1.34. The minimum absolute atomic E-state index is 0.0663. The Hall–Kier alpha value is -1.64. The Morgan fingerprint density at radius 3 is 2.29 bits per heavy atom. The smallest absolute Gasteiger partial charge is 0.248 e. The van der Waals surface area contributed by atoms with Gasteiger partial charge in [0.15, 0.2) is 0 Å². The summed E-state index contributed by atoms with van der Waals surface area (Å²) >= 11 is 6.19. The van der Waals surface area contributed by atoms with Crippen LogP contribution in [0.2, 0.25) is 5.02 Å². The van der Waals surface area contributed by atoms with Crippen molar-refractivity contribution >= 4 is 33.4 Å². The van der Waals surface area contributed by atoms with E-state index in [-0.39, 0.29) is 34.0 Å². The van der Waals surface area contributed by atoms with Gasteiger partial charge >= 0.3 is 0 Å². The largest absolute Gasteiger partial charge is 0.366 e. The van der Waals surface area contributed by atoms with E-state index in [2.05, 4.69) is 5.32 Å². The maximum Gasteiger partial charge on any atom is 0.248 e. The molecular weight excluding hydrogens is 438 g/mol. The molecule has 0 unspecified atom stereocenters. The van der Waals surface area contributed by atoms with Crippen LogP contribution in [0.1, 0.15) is 55.3 Å². The maximum atomic E-state index is 13.3. The van der Waals surface area contributed by atoms with Gasteiger partial charge in [-0.3, -0.25) is 9.59 Å². The van der Waals surface area contributed by atoms with Crippen LogP contribution in [0, 0.1) is 23.7 Å². The van der Waals surface area contributed by atoms with Crippen LogP contribution in [-0.2, 0) is 14.8 Å². The third-order valence-electron chi connectivity index (χ3n) is 7.85. The van der Waals surface area contributed by atoms with Crippen LogP contribution in [0.4, 0.5) is 0 Å². The second-order valence-electron chi connectivity index (χ2n) is 9.75. The third-order valence-corrected chi connectivity index (χ3v) is 10.2. The molecule has 0 radical (unpaired) electrons. The number of benzene rings is 1. The second-order valence-corrected chi connectivity index (χ2v) is 12.0. The van der Waals surface area contributed by atoms with E-state index in [9.17, 15) is 18.0 Å². The number of halogens is 1. The molecule has 4 bridgehead atoms. The summed E-state index contributed by atoms with van der Waals surface area (Å²) in [5.74, 6) is 1.81. The molecule has 1 atom stereocenters. The van der Waals surface area contributed by atoms with Crippen LogP contribution in [-0.4, -0.2) is 43.2 Å². The number of carbonyl (C=O) groups is 2. The minimum Gasteiger partial charge on any atom is -0.366 e. The average molecular weight is 466 g/mol. The summed E-state index contributed by atoms with van der Waals surface area (Å²) in [7, 11) is -3.98. The predicted octanol–water partition coefficient (Wildman–Crippen LogP) is 2.53. The first-order chi connectivity index (χ1) is 14.7. The molecule has 5 fully saturated rings. The molecule has 0 spiro atoms. The lowest BCUT2D eigenvalue weighted by Crippen LogP contribution is -2.58. The average Bonchev–Trinajstić information content (AvgIpc) is 3.20. The number of sulfonamides is 1. The van der Waals surface area contributed by atoms with Crippen LogP contribution < -0.4 is 11.1 Å². The maximum absolute atomic E-state index is 13.3. The van der Waals surface area contributed by atoms with Gasteiger partial charge in [-0.25, -0.2) is 8.42 Å². The standard InChI is InChI=1S/C22H28ClN3O4S/c23-17-11-14(21(24)27)3-4-19(17)31(29,30)26-5-1-2-18(26)22(28)25-20-15-7-12-6-13(9-15)10-16(20)8-12/h3-4,11-13,15-16,18,20H,1-2,5-10H2,(H2,24,27)(H,25,28)/t12?,13?,15?,16?,18-,20?/m1/s1. The predicted molar refractivity (Wildman–Crippen MR) is 116 cm³/mol. The SMILES string of the molecule is NC(=O)c1ccc(S(=O)(=O)N2CCC[C@@H]2C(=O)NC2C3CC4CC(C3)CC2C4)c(Cl)c1. The summed E-state index contributed by atoms with van der Waals surface area (Å²) in [6.45, 7) is 0.274. The number of carbonyl (C=O) groups excluding carboxylic acids is 2. The van der Waals surface area contributed by atoms with Gasteiger partial charge in [0.05, 0.1) is 5.02 Å². The number of nitrogens with two attached hydrogens (primary N) is 1. The first kappa shape index (κ1) is 21.2. The number of nitrogens with one attached hydrogen (secondary N) is 1. The van der Waals surface area contributed by atoms with Crippen molar-refractivity contribution in [2.75, 3.05) is 6.54 Å². The molecule has 1 aromatic rings. The van der Waals surface area contributed by atoms with E-state index < -0.39 is 22.0 Å². The van der Waals surface area contributed by atoms with Crippen molar-refractivity contribution in [3.8, 4) is 0 Å². The van der Waals surface area contributed by atoms with Crippen molar-refractivity contribution < 1.29 is 18.0 Å². The van der Waals surface area contributed by atoms with E-state index in [1.165, 1.54) is 54.6 Å². The zero-order valence-electron chi connectivity index (χ0n) is 17.3. The van der Waals surface area contributed by atoms with Gasteiger partial charge in [-0.15, -0.1) is 0 Å². The summed E-state index contributed by atoms with van der Waals surface area (Å²) in [5.41, 5.74) is 5.39. The van der Waals surface area contributed by atoms with Crippen LogP contribution in [0.15, 0.2) is 23.1 Å². The van der Waals surface area contributed by atoms with Crippen molar-refractivity contribution in [2.45, 2.75) is 61.9 Å². The van der Waals surface area contributed by atoms with Gasteiger partial charge in [-0.2, -0.15) is 4.31 Å². The molecule has 1 heterocycles. The van der Waals surface area contributed by atoms with E-state index >= 15 is 0 Å². The van der Waals surface area contributed by atoms with Crippen molar-refractivity contribution in [1.29, 1.82) is 0 Å². The molecule has 4 aliphatic carbocycles. The van der Waals surface area contributed by atoms with Gasteiger partial charge in [-0.1, -0.05) is 11.6 Å². The first-order valence-corrected chi connectivity index (χ1v) is 13.0. The molecule has 7 nitrogen and oxygen atoms in total. The molecule has 31 heavy (non-hydrogen) atoms. The molecule has 3 N–H and O–H groups in total. The molecule has 6 rings (SSSR count). The number of rotatable bonds is 5. The fraction of sp³-hybridized carbons (Fsp3) is 0.636. The molecule has 1 aliphatic heterocycles. The molecule has 168 valence electrons. The summed E-state index contributed by atoms with van der Waals surface area (Å²) in [4.78, 5) is 24.5. The van der Waals surface area contributed by atoms with Gasteiger partial charge in [0.1, 0.15) is 10.9 Å². The number of hydrogen-bond acceptors (Lipinski definition) is 4. The molecule has 9 heteroatoms. The molecule has 0 aromatic heterocycles. The Morgan fingerprint density at radius 1 is 1.06 bits per heavy atom. The zero-order chi connectivity index (χ0) is 21.9. The van der Waals surface area contributed by atoms with E-state index in [0.717, 1.165) is 11.8 Å². The van der Waals surface area contributed by atoms with Crippen LogP contribution >= 0.6 is 11.6 Å². The summed E-state index contributed by atoms with van der Waals surface area (Å²) in [6, 6.07) is 3.35. The van der Waals surface area contributed by atoms with Gasteiger partial charge in [-0.05, 0) is 86.8 Å². The topological polar surface area (TPSA) is 110 Å². The molecule has 1 saturated heterocycles. The molecule has 2 amide bonds. The summed E-state index contributed by atoms with van der Waals surface area (Å²) in [6.07, 6.45) is 7.21. The quantitative estimate of drug-likeness (QED) is 0.696. The van der Waals surface area contributed by atoms with E-state index in [1.54, 1.807) is 0 Å². The number of primary amides is 1. The van der Waals surface area contributed by atoms with Crippen LogP contribution in [0.25, 0.3) is 0 Å². The number of amides is 2. The third kappa shape index (κ3) is 3.66. The highest BCUT2D eigenvalue weighted by Crippen LogP contribution is 2.53. The van der Waals surface area contributed by atoms with Crippen molar-refractivity contribution in [2.24, 2.45) is 29.4 Å². The highest BCUT2D eigenvalue weighted by atomic mass is 35.5. The van der Waals surface area contributed by atoms with E-state index in [1.807, 2.05) is 0 Å². The fourth-order valence-electron chi connectivity index (χ4n) is 6.70. The number of nitrogens with zero attached hydrogens (tertiary/aromatic N) is 1. The van der Waals surface area contributed by atoms with Crippen LogP contribution in [0.5, 0.6) is 0 Å². The lowest BCUT2D eigenvalue weighted by Gasteiger charge is -2.54. The fourth-order valence-corrected chi connectivity index (χ4v) is 8.88. The van der Waals surface area contributed by atoms with Crippen molar-refractivity contribution in [3.05, 3.63) is 28.8 Å². The highest BCUT2D eigenvalue weighted by molar-refractivity contribution is 7.89. The molecule has 5 aliphatic rings. The Kier molecular flexibility index (Phi) is 5.30. The van der Waals surface area contributed by atoms with Crippen molar-refractivity contribution in [3.63, 3.8) is 0 Å². The normalized spacial score (nSPS) is 34.7. The highest BCUT2D eigenvalue weighted by Gasteiger charge is 2.50. The summed E-state index contributed by atoms with van der Waals surface area (Å²) < 4.78 is 27.9. The summed E-state index contributed by atoms with van der Waals surface area (Å²) in [5, 5.41) is 3.19. The van der Waals surface area contributed by atoms with Gasteiger partial charge in [0.2, 0.25) is 21.8 Å². The Bertz CT molecular complexity index is 1000. The zero-order valence-corrected chi connectivity index (χ0v) is 18.9. The second kappa shape index (κ2) is 7.74. The monoisotopic (exact) mass is 465 g/mol. The van der Waals surface area contributed by atoms with E-state index in [0.29, 0.717) is 24.7 Å². The molecule has 4 saturated carbocycles. The minimum atomic E-state index is -3.98. The Labute approximate surface area is 187 Å². The van der Waals surface area contributed by atoms with Gasteiger partial charge in [0.25, 0.3) is 0 Å². The van der Waals surface area contributed by atoms with E-state index in [4.69, 9.17) is 17.3 Å².